The first kappa shape index (κ1) is 23.7. The minimum atomic E-state index is -3.08. The Labute approximate surface area is 185 Å². The summed E-state index contributed by atoms with van der Waals surface area (Å²) in [6.07, 6.45) is -0.174. The smallest absolute Gasteiger partial charge is 0.306 e. The van der Waals surface area contributed by atoms with E-state index < -0.39 is 18.6 Å². The molecule has 0 saturated heterocycles. The van der Waals surface area contributed by atoms with E-state index in [0.29, 0.717) is 29.8 Å². The van der Waals surface area contributed by atoms with Crippen molar-refractivity contribution in [2.45, 2.75) is 25.1 Å². The van der Waals surface area contributed by atoms with Crippen molar-refractivity contribution in [3.8, 4) is 11.5 Å². The van der Waals surface area contributed by atoms with Gasteiger partial charge >= 0.3 is 5.92 Å². The van der Waals surface area contributed by atoms with Gasteiger partial charge in [0.05, 0.1) is 12.7 Å². The summed E-state index contributed by atoms with van der Waals surface area (Å²) in [7, 11) is 0. The van der Waals surface area contributed by atoms with Crippen LogP contribution in [-0.2, 0) is 19.0 Å². The molecular formula is C25H27F2NO4. The monoisotopic (exact) mass is 443 g/mol. The predicted molar refractivity (Wildman–Crippen MR) is 118 cm³/mol. The highest BCUT2D eigenvalue weighted by atomic mass is 19.3. The fourth-order valence-electron chi connectivity index (χ4n) is 3.26. The molecule has 0 fully saturated rings. The van der Waals surface area contributed by atoms with Gasteiger partial charge in [-0.15, -0.1) is 0 Å². The average molecular weight is 443 g/mol. The van der Waals surface area contributed by atoms with E-state index in [1.165, 1.54) is 18.2 Å². The van der Waals surface area contributed by atoms with Crippen LogP contribution in [0.1, 0.15) is 28.4 Å². The molecule has 0 spiro atoms. The molecule has 0 unspecified atom stereocenters. The molecule has 32 heavy (non-hydrogen) atoms. The molecule has 0 aromatic heterocycles. The third-order valence-corrected chi connectivity index (χ3v) is 5.10. The van der Waals surface area contributed by atoms with E-state index in [0.717, 1.165) is 5.56 Å². The Bertz CT molecular complexity index is 998. The van der Waals surface area contributed by atoms with Crippen LogP contribution in [0.4, 0.5) is 8.78 Å². The molecule has 0 radical (unpaired) electrons. The van der Waals surface area contributed by atoms with Crippen LogP contribution in [0.2, 0.25) is 0 Å². The van der Waals surface area contributed by atoms with Gasteiger partial charge in [-0.2, -0.15) is 8.78 Å². The van der Waals surface area contributed by atoms with E-state index in [9.17, 15) is 24.1 Å². The third-order valence-electron chi connectivity index (χ3n) is 5.10. The van der Waals surface area contributed by atoms with Gasteiger partial charge in [0.25, 0.3) is 0 Å². The van der Waals surface area contributed by atoms with Crippen molar-refractivity contribution < 1.29 is 28.8 Å². The van der Waals surface area contributed by atoms with Crippen LogP contribution >= 0.6 is 0 Å². The number of aliphatic hydroxyl groups is 2. The van der Waals surface area contributed by atoms with Gasteiger partial charge in [0.2, 0.25) is 0 Å². The number of nitrogens with one attached hydrogen (secondary N) is 1. The van der Waals surface area contributed by atoms with Crippen LogP contribution in [0.3, 0.4) is 0 Å². The lowest BCUT2D eigenvalue weighted by molar-refractivity contribution is -0.0467. The van der Waals surface area contributed by atoms with E-state index in [4.69, 9.17) is 4.74 Å². The van der Waals surface area contributed by atoms with E-state index in [2.05, 4.69) is 5.32 Å². The Morgan fingerprint density at radius 2 is 1.75 bits per heavy atom. The van der Waals surface area contributed by atoms with E-state index >= 15 is 0 Å². The maximum atomic E-state index is 14.3. The van der Waals surface area contributed by atoms with Crippen molar-refractivity contribution in [1.29, 1.82) is 0 Å². The predicted octanol–water partition coefficient (Wildman–Crippen LogP) is 3.92. The van der Waals surface area contributed by atoms with Gasteiger partial charge in [-0.1, -0.05) is 48.5 Å². The molecule has 1 atom stereocenters. The summed E-state index contributed by atoms with van der Waals surface area (Å²) in [6.45, 7) is -0.205. The van der Waals surface area contributed by atoms with Crippen LogP contribution in [0.15, 0.2) is 72.8 Å². The fraction of sp³-hybridized carbons (Fsp3) is 0.280. The van der Waals surface area contributed by atoms with Gasteiger partial charge in [-0.05, 0) is 48.4 Å². The highest BCUT2D eigenvalue weighted by Gasteiger charge is 2.32. The maximum Gasteiger partial charge on any atom is 0.306 e. The highest BCUT2D eigenvalue weighted by Crippen LogP contribution is 2.29. The van der Waals surface area contributed by atoms with Crippen molar-refractivity contribution in [3.05, 3.63) is 95.1 Å². The van der Waals surface area contributed by atoms with E-state index in [1.807, 2.05) is 6.07 Å². The Morgan fingerprint density at radius 3 is 2.50 bits per heavy atom. The van der Waals surface area contributed by atoms with Gasteiger partial charge in [0.15, 0.2) is 6.61 Å². The standard InChI is InChI=1S/C25H27F2NO4/c26-25(27,21-6-2-1-3-7-21)17-32-22-8-4-5-18(13-22)11-12-28-15-24(31)19-9-10-23(30)20(14-19)16-29/h1-10,13-14,24,28-31H,11-12,15-17H2/t24-/m0/s1. The molecule has 3 aromatic rings. The second kappa shape index (κ2) is 11.0. The van der Waals surface area contributed by atoms with Gasteiger partial charge in [0, 0.05) is 17.7 Å². The lowest BCUT2D eigenvalue weighted by Gasteiger charge is -2.18. The molecule has 0 heterocycles. The van der Waals surface area contributed by atoms with Crippen molar-refractivity contribution in [2.24, 2.45) is 0 Å². The van der Waals surface area contributed by atoms with Gasteiger partial charge in [-0.3, -0.25) is 0 Å². The summed E-state index contributed by atoms with van der Waals surface area (Å²) in [5.74, 6) is -2.72. The highest BCUT2D eigenvalue weighted by molar-refractivity contribution is 5.36. The summed E-state index contributed by atoms with van der Waals surface area (Å²) in [5, 5.41) is 32.3. The largest absolute Gasteiger partial charge is 0.508 e. The van der Waals surface area contributed by atoms with Crippen LogP contribution in [0, 0.1) is 0 Å². The lowest BCUT2D eigenvalue weighted by atomic mass is 10.1. The normalized spacial score (nSPS) is 12.5. The number of alkyl halides is 2. The van der Waals surface area contributed by atoms with Crippen LogP contribution < -0.4 is 10.1 Å². The maximum absolute atomic E-state index is 14.3. The first-order valence-electron chi connectivity index (χ1n) is 10.4. The summed E-state index contributed by atoms with van der Waals surface area (Å²) in [4.78, 5) is 0. The number of aromatic hydroxyl groups is 1. The number of benzene rings is 3. The Kier molecular flexibility index (Phi) is 8.16. The number of hydrogen-bond acceptors (Lipinski definition) is 5. The number of ether oxygens (including phenoxy) is 1. The Balaban J connectivity index is 1.47. The molecule has 0 bridgehead atoms. The molecule has 7 heteroatoms. The van der Waals surface area contributed by atoms with Crippen LogP contribution in [-0.4, -0.2) is 35.0 Å². The first-order chi connectivity index (χ1) is 15.4. The molecular weight excluding hydrogens is 416 g/mol. The second-order valence-electron chi connectivity index (χ2n) is 7.52. The summed E-state index contributed by atoms with van der Waals surface area (Å²) in [6, 6.07) is 19.2. The number of hydrogen-bond donors (Lipinski definition) is 4. The lowest BCUT2D eigenvalue weighted by Crippen LogP contribution is -2.24. The first-order valence-corrected chi connectivity index (χ1v) is 10.4. The van der Waals surface area contributed by atoms with Crippen LogP contribution in [0.25, 0.3) is 0 Å². The zero-order chi connectivity index (χ0) is 23.0. The zero-order valence-corrected chi connectivity index (χ0v) is 17.5. The molecule has 0 amide bonds. The molecule has 170 valence electrons. The topological polar surface area (TPSA) is 82.0 Å². The van der Waals surface area contributed by atoms with Gasteiger partial charge in [0.1, 0.15) is 11.5 Å². The number of rotatable bonds is 11. The minimum absolute atomic E-state index is 0.0139. The van der Waals surface area contributed by atoms with E-state index in [1.54, 1.807) is 48.5 Å². The van der Waals surface area contributed by atoms with Crippen molar-refractivity contribution in [1.82, 2.24) is 5.32 Å². The van der Waals surface area contributed by atoms with E-state index in [-0.39, 0.29) is 24.5 Å². The molecule has 0 aliphatic carbocycles. The van der Waals surface area contributed by atoms with Crippen molar-refractivity contribution in [3.63, 3.8) is 0 Å². The minimum Gasteiger partial charge on any atom is -0.508 e. The number of halogens is 2. The third kappa shape index (κ3) is 6.50. The molecule has 4 N–H and O–H groups in total. The van der Waals surface area contributed by atoms with Crippen LogP contribution in [0.5, 0.6) is 11.5 Å². The molecule has 0 aliphatic heterocycles. The molecule has 5 nitrogen and oxygen atoms in total. The van der Waals surface area contributed by atoms with Crippen molar-refractivity contribution >= 4 is 0 Å². The Hall–Kier alpha value is -3.00. The van der Waals surface area contributed by atoms with Crippen molar-refractivity contribution in [2.75, 3.05) is 19.7 Å². The molecule has 0 saturated carbocycles. The fourth-order valence-corrected chi connectivity index (χ4v) is 3.26. The average Bonchev–Trinajstić information content (AvgIpc) is 2.81. The summed E-state index contributed by atoms with van der Waals surface area (Å²) < 4.78 is 33.9. The molecule has 0 aliphatic rings. The molecule has 3 rings (SSSR count). The summed E-state index contributed by atoms with van der Waals surface area (Å²) in [5.41, 5.74) is 1.78. The Morgan fingerprint density at radius 1 is 0.969 bits per heavy atom. The zero-order valence-electron chi connectivity index (χ0n) is 17.5. The van der Waals surface area contributed by atoms with Gasteiger partial charge in [-0.25, -0.2) is 0 Å². The van der Waals surface area contributed by atoms with Gasteiger partial charge < -0.3 is 25.4 Å². The SMILES string of the molecule is OCc1cc([C@@H](O)CNCCc2cccc(OCC(F)(F)c3ccccc3)c2)ccc1O. The quantitative estimate of drug-likeness (QED) is 0.338. The molecule has 3 aromatic carbocycles. The second-order valence-corrected chi connectivity index (χ2v) is 7.52. The number of phenols is 1. The summed E-state index contributed by atoms with van der Waals surface area (Å²) >= 11 is 0. The number of aliphatic hydroxyl groups excluding tert-OH is 2.